The van der Waals surface area contributed by atoms with Gasteiger partial charge in [-0.15, -0.1) is 0 Å². The van der Waals surface area contributed by atoms with Gasteiger partial charge in [-0.2, -0.15) is 5.10 Å². The first kappa shape index (κ1) is 14.8. The van der Waals surface area contributed by atoms with Gasteiger partial charge in [-0.1, -0.05) is 0 Å². The Morgan fingerprint density at radius 3 is 2.65 bits per heavy atom. The molecule has 1 aliphatic heterocycles. The van der Waals surface area contributed by atoms with Crippen LogP contribution in [0.15, 0.2) is 11.3 Å². The van der Waals surface area contributed by atoms with E-state index in [4.69, 9.17) is 0 Å². The van der Waals surface area contributed by atoms with Crippen LogP contribution in [0, 0.1) is 19.8 Å². The van der Waals surface area contributed by atoms with Crippen molar-refractivity contribution >= 4 is 21.5 Å². The number of rotatable bonds is 3. The molecule has 0 spiro atoms. The van der Waals surface area contributed by atoms with Crippen LogP contribution in [0.5, 0.6) is 0 Å². The zero-order valence-corrected chi connectivity index (χ0v) is 12.7. The van der Waals surface area contributed by atoms with Gasteiger partial charge in [0.1, 0.15) is 0 Å². The summed E-state index contributed by atoms with van der Waals surface area (Å²) in [4.78, 5) is 15.0. The molecule has 0 aromatic carbocycles. The average Bonchev–Trinajstić information content (AvgIpc) is 2.89. The van der Waals surface area contributed by atoms with Crippen LogP contribution in [-0.2, 0) is 14.6 Å². The minimum Gasteiger partial charge on any atom is -0.364 e. The Hall–Kier alpha value is -1.63. The van der Waals surface area contributed by atoms with Crippen molar-refractivity contribution in [3.8, 4) is 0 Å². The summed E-state index contributed by atoms with van der Waals surface area (Å²) < 4.78 is 22.7. The summed E-state index contributed by atoms with van der Waals surface area (Å²) in [6.07, 6.45) is 2.26. The van der Waals surface area contributed by atoms with Gasteiger partial charge in [-0.05, 0) is 32.8 Å². The third kappa shape index (κ3) is 3.09. The van der Waals surface area contributed by atoms with Crippen molar-refractivity contribution in [1.29, 1.82) is 0 Å². The van der Waals surface area contributed by atoms with E-state index in [0.717, 1.165) is 16.8 Å². The highest BCUT2D eigenvalue weighted by Gasteiger charge is 2.32. The van der Waals surface area contributed by atoms with E-state index in [-0.39, 0.29) is 17.4 Å². The molecule has 0 bridgehead atoms. The molecule has 1 aromatic heterocycles. The van der Waals surface area contributed by atoms with Crippen LogP contribution >= 0.6 is 0 Å². The first-order valence-electron chi connectivity index (χ1n) is 6.49. The number of nitrogens with one attached hydrogen (secondary N) is 2. The van der Waals surface area contributed by atoms with E-state index in [9.17, 15) is 13.2 Å². The van der Waals surface area contributed by atoms with Crippen molar-refractivity contribution in [3.05, 3.63) is 23.0 Å². The van der Waals surface area contributed by atoms with E-state index in [1.807, 2.05) is 27.0 Å². The second kappa shape index (κ2) is 5.40. The molecule has 0 radical (unpaired) electrons. The van der Waals surface area contributed by atoms with Gasteiger partial charge in [0.25, 0.3) is 0 Å². The summed E-state index contributed by atoms with van der Waals surface area (Å²) in [6, 6.07) is 0. The molecule has 1 aliphatic rings. The monoisotopic (exact) mass is 297 g/mol. The molecule has 6 nitrogen and oxygen atoms in total. The minimum atomic E-state index is -3.05. The number of amides is 1. The number of nitrogens with zero attached hydrogens (tertiary/aromatic N) is 1. The van der Waals surface area contributed by atoms with Gasteiger partial charge >= 0.3 is 0 Å². The molecule has 1 saturated heterocycles. The van der Waals surface area contributed by atoms with E-state index >= 15 is 0 Å². The first-order valence-corrected chi connectivity index (χ1v) is 8.32. The van der Waals surface area contributed by atoms with Crippen LogP contribution in [0.3, 0.4) is 0 Å². The van der Waals surface area contributed by atoms with Crippen LogP contribution in [-0.4, -0.2) is 36.5 Å². The fraction of sp³-hybridized carbons (Fsp3) is 0.538. The third-order valence-electron chi connectivity index (χ3n) is 3.57. The van der Waals surface area contributed by atoms with E-state index < -0.39 is 15.8 Å². The molecule has 1 fully saturated rings. The summed E-state index contributed by atoms with van der Waals surface area (Å²) in [5.41, 5.74) is 6.20. The summed E-state index contributed by atoms with van der Waals surface area (Å²) in [7, 11) is -3.05. The van der Waals surface area contributed by atoms with Gasteiger partial charge in [-0.25, -0.2) is 13.8 Å². The molecule has 0 saturated carbocycles. The van der Waals surface area contributed by atoms with Gasteiger partial charge in [0.05, 0.1) is 23.1 Å². The Morgan fingerprint density at radius 1 is 1.45 bits per heavy atom. The van der Waals surface area contributed by atoms with Gasteiger partial charge in [0, 0.05) is 17.5 Å². The number of carbonyl (C=O) groups is 1. The van der Waals surface area contributed by atoms with Crippen molar-refractivity contribution in [1.82, 2.24) is 10.4 Å². The predicted octanol–water partition coefficient (Wildman–Crippen LogP) is 0.906. The van der Waals surface area contributed by atoms with Gasteiger partial charge in [0.15, 0.2) is 9.84 Å². The molecular weight excluding hydrogens is 278 g/mol. The number of hydrazone groups is 1. The Labute approximate surface area is 118 Å². The maximum absolute atomic E-state index is 11.9. The van der Waals surface area contributed by atoms with Crippen molar-refractivity contribution in [2.24, 2.45) is 11.0 Å². The lowest BCUT2D eigenvalue weighted by molar-refractivity contribution is -0.124. The average molecular weight is 297 g/mol. The van der Waals surface area contributed by atoms with Gasteiger partial charge in [0.2, 0.25) is 5.91 Å². The number of aromatic amines is 1. The standard InChI is InChI=1S/C13H19N3O3S/c1-8-6-14-9(2)12(8)10(3)15-16-13(17)11-4-5-20(18,19)7-11/h6,11,14H,4-5,7H2,1-3H3,(H,16,17)/b15-10+/t11-/m1/s1. The lowest BCUT2D eigenvalue weighted by atomic mass is 10.1. The summed E-state index contributed by atoms with van der Waals surface area (Å²) >= 11 is 0. The van der Waals surface area contributed by atoms with E-state index in [2.05, 4.69) is 15.5 Å². The SMILES string of the molecule is C/C(=N\NC(=O)[C@@H]1CCS(=O)(=O)C1)c1c(C)c[nH]c1C. The van der Waals surface area contributed by atoms with Crippen molar-refractivity contribution in [2.45, 2.75) is 27.2 Å². The molecule has 2 rings (SSSR count). The number of sulfone groups is 1. The van der Waals surface area contributed by atoms with Crippen LogP contribution in [0.4, 0.5) is 0 Å². The summed E-state index contributed by atoms with van der Waals surface area (Å²) in [5, 5.41) is 4.08. The fourth-order valence-electron chi connectivity index (χ4n) is 2.50. The molecule has 1 aromatic rings. The smallest absolute Gasteiger partial charge is 0.244 e. The van der Waals surface area contributed by atoms with E-state index in [1.165, 1.54) is 0 Å². The summed E-state index contributed by atoms with van der Waals surface area (Å²) in [6.45, 7) is 5.71. The topological polar surface area (TPSA) is 91.4 Å². The molecule has 1 amide bonds. The second-order valence-electron chi connectivity index (χ2n) is 5.24. The van der Waals surface area contributed by atoms with E-state index in [0.29, 0.717) is 12.1 Å². The van der Waals surface area contributed by atoms with Crippen molar-refractivity contribution in [3.63, 3.8) is 0 Å². The van der Waals surface area contributed by atoms with Crippen LogP contribution in [0.25, 0.3) is 0 Å². The maximum Gasteiger partial charge on any atom is 0.244 e. The molecule has 1 atom stereocenters. The lowest BCUT2D eigenvalue weighted by Crippen LogP contribution is -2.28. The molecular formula is C13H19N3O3S. The second-order valence-corrected chi connectivity index (χ2v) is 7.47. The highest BCUT2D eigenvalue weighted by Crippen LogP contribution is 2.18. The molecule has 110 valence electrons. The Kier molecular flexibility index (Phi) is 3.99. The highest BCUT2D eigenvalue weighted by molar-refractivity contribution is 7.91. The third-order valence-corrected chi connectivity index (χ3v) is 5.34. The first-order chi connectivity index (χ1) is 9.30. The van der Waals surface area contributed by atoms with Gasteiger partial charge < -0.3 is 4.98 Å². The molecule has 2 N–H and O–H groups in total. The number of aryl methyl sites for hydroxylation is 2. The Morgan fingerprint density at radius 2 is 2.15 bits per heavy atom. The van der Waals surface area contributed by atoms with Crippen LogP contribution < -0.4 is 5.43 Å². The Bertz CT molecular complexity index is 639. The van der Waals surface area contributed by atoms with Crippen LogP contribution in [0.1, 0.15) is 30.2 Å². The maximum atomic E-state index is 11.9. The zero-order valence-electron chi connectivity index (χ0n) is 11.9. The Balaban J connectivity index is 2.04. The molecule has 2 heterocycles. The molecule has 0 unspecified atom stereocenters. The quantitative estimate of drug-likeness (QED) is 0.641. The fourth-order valence-corrected chi connectivity index (χ4v) is 4.24. The van der Waals surface area contributed by atoms with Gasteiger partial charge in [-0.3, -0.25) is 4.79 Å². The van der Waals surface area contributed by atoms with Crippen molar-refractivity contribution < 1.29 is 13.2 Å². The molecule has 20 heavy (non-hydrogen) atoms. The van der Waals surface area contributed by atoms with E-state index in [1.54, 1.807) is 0 Å². The number of aromatic nitrogens is 1. The largest absolute Gasteiger partial charge is 0.364 e. The van der Waals surface area contributed by atoms with Crippen LogP contribution in [0.2, 0.25) is 0 Å². The molecule has 0 aliphatic carbocycles. The highest BCUT2D eigenvalue weighted by atomic mass is 32.2. The number of hydrogen-bond acceptors (Lipinski definition) is 4. The number of carbonyl (C=O) groups excluding carboxylic acids is 1. The summed E-state index contributed by atoms with van der Waals surface area (Å²) in [5.74, 6) is -0.791. The normalized spacial score (nSPS) is 21.9. The lowest BCUT2D eigenvalue weighted by Gasteiger charge is -2.07. The van der Waals surface area contributed by atoms with Crippen molar-refractivity contribution in [2.75, 3.05) is 11.5 Å². The number of hydrogen-bond donors (Lipinski definition) is 2. The predicted molar refractivity (Wildman–Crippen MR) is 77.4 cm³/mol. The molecule has 7 heteroatoms. The zero-order chi connectivity index (χ0) is 14.9. The number of H-pyrrole nitrogens is 1. The minimum absolute atomic E-state index is 0.0738.